The van der Waals surface area contributed by atoms with Gasteiger partial charge in [0.05, 0.1) is 17.7 Å². The van der Waals surface area contributed by atoms with Gasteiger partial charge in [0.25, 0.3) is 5.91 Å². The molecule has 2 fully saturated rings. The van der Waals surface area contributed by atoms with Crippen LogP contribution in [0.15, 0.2) is 48.5 Å². The fourth-order valence-electron chi connectivity index (χ4n) is 5.69. The minimum absolute atomic E-state index is 0.143. The standard InChI is InChI=1S/C28H34N4O3/c1-4-35-22-11-9-18(10-12-22)26-30-24-8-6-5-7-23(24)25(31-26)27(33)29-21-13-19-15-32(16-20(19)14-21)17-28(2,3)34/h5-12,19-21,34H,4,13-17H2,1-3H3,(H,29,33)/t19-,20+,21?. The molecule has 2 N–H and O–H groups in total. The minimum atomic E-state index is -0.679. The van der Waals surface area contributed by atoms with E-state index in [0.717, 1.165) is 48.1 Å². The van der Waals surface area contributed by atoms with Crippen molar-refractivity contribution in [2.75, 3.05) is 26.2 Å². The molecule has 1 unspecified atom stereocenters. The van der Waals surface area contributed by atoms with E-state index in [1.807, 2.05) is 69.3 Å². The molecule has 2 aliphatic rings. The summed E-state index contributed by atoms with van der Waals surface area (Å²) in [4.78, 5) is 25.2. The summed E-state index contributed by atoms with van der Waals surface area (Å²) >= 11 is 0. The van der Waals surface area contributed by atoms with E-state index in [1.165, 1.54) is 0 Å². The molecule has 1 saturated carbocycles. The molecule has 3 atom stereocenters. The van der Waals surface area contributed by atoms with Gasteiger partial charge in [-0.1, -0.05) is 18.2 Å². The predicted molar refractivity (Wildman–Crippen MR) is 136 cm³/mol. The first-order chi connectivity index (χ1) is 16.8. The van der Waals surface area contributed by atoms with Gasteiger partial charge in [-0.05, 0) is 75.8 Å². The number of likely N-dealkylation sites (tertiary alicyclic amines) is 1. The lowest BCUT2D eigenvalue weighted by Crippen LogP contribution is -2.39. The van der Waals surface area contributed by atoms with Crippen LogP contribution in [0.25, 0.3) is 22.3 Å². The second-order valence-corrected chi connectivity index (χ2v) is 10.5. The van der Waals surface area contributed by atoms with Crippen LogP contribution in [0.4, 0.5) is 0 Å². The number of nitrogens with zero attached hydrogens (tertiary/aromatic N) is 3. The van der Waals surface area contributed by atoms with Crippen molar-refractivity contribution in [3.63, 3.8) is 0 Å². The summed E-state index contributed by atoms with van der Waals surface area (Å²) in [7, 11) is 0. The number of β-amino-alcohol motifs (C(OH)–C–C–N with tert-alkyl or cyclic N) is 1. The Hall–Kier alpha value is -3.03. The number of amides is 1. The number of rotatable bonds is 7. The number of carbonyl (C=O) groups is 1. The second kappa shape index (κ2) is 9.55. The Labute approximate surface area is 206 Å². The highest BCUT2D eigenvalue weighted by atomic mass is 16.5. The molecular weight excluding hydrogens is 440 g/mol. The highest BCUT2D eigenvalue weighted by molar-refractivity contribution is 6.05. The zero-order chi connectivity index (χ0) is 24.6. The molecule has 2 heterocycles. The normalized spacial score (nSPS) is 22.3. The first kappa shape index (κ1) is 23.7. The average Bonchev–Trinajstić information content (AvgIpc) is 3.35. The monoisotopic (exact) mass is 474 g/mol. The Bertz CT molecular complexity index is 1190. The van der Waals surface area contributed by atoms with Crippen LogP contribution in [0.1, 0.15) is 44.1 Å². The van der Waals surface area contributed by atoms with Gasteiger partial charge in [-0.25, -0.2) is 9.97 Å². The van der Waals surface area contributed by atoms with Crippen LogP contribution in [-0.2, 0) is 0 Å². The lowest BCUT2D eigenvalue weighted by molar-refractivity contribution is 0.0413. The molecule has 1 saturated heterocycles. The predicted octanol–water partition coefficient (Wildman–Crippen LogP) is 3.91. The first-order valence-electron chi connectivity index (χ1n) is 12.5. The van der Waals surface area contributed by atoms with Crippen LogP contribution in [-0.4, -0.2) is 63.8 Å². The smallest absolute Gasteiger partial charge is 0.270 e. The molecule has 0 bridgehead atoms. The summed E-state index contributed by atoms with van der Waals surface area (Å²) in [5, 5.41) is 14.2. The van der Waals surface area contributed by atoms with E-state index < -0.39 is 5.60 Å². The maximum absolute atomic E-state index is 13.4. The molecule has 35 heavy (non-hydrogen) atoms. The summed E-state index contributed by atoms with van der Waals surface area (Å²) in [5.41, 5.74) is 1.33. The van der Waals surface area contributed by atoms with Gasteiger partial charge in [-0.2, -0.15) is 0 Å². The number of aliphatic hydroxyl groups is 1. The van der Waals surface area contributed by atoms with Crippen molar-refractivity contribution >= 4 is 16.8 Å². The second-order valence-electron chi connectivity index (χ2n) is 10.5. The third-order valence-corrected chi connectivity index (χ3v) is 7.01. The number of carbonyl (C=O) groups excluding carboxylic acids is 1. The van der Waals surface area contributed by atoms with Crippen molar-refractivity contribution < 1.29 is 14.6 Å². The van der Waals surface area contributed by atoms with Crippen molar-refractivity contribution in [1.29, 1.82) is 0 Å². The van der Waals surface area contributed by atoms with Gasteiger partial charge in [-0.3, -0.25) is 9.69 Å². The number of hydrogen-bond acceptors (Lipinski definition) is 6. The van der Waals surface area contributed by atoms with Gasteiger partial charge in [-0.15, -0.1) is 0 Å². The van der Waals surface area contributed by atoms with Crippen LogP contribution < -0.4 is 10.1 Å². The van der Waals surface area contributed by atoms with Crippen molar-refractivity contribution in [2.45, 2.75) is 45.3 Å². The molecule has 5 rings (SSSR count). The lowest BCUT2D eigenvalue weighted by atomic mass is 10.0. The third-order valence-electron chi connectivity index (χ3n) is 7.01. The minimum Gasteiger partial charge on any atom is -0.494 e. The summed E-state index contributed by atoms with van der Waals surface area (Å²) in [5.74, 6) is 2.30. The van der Waals surface area contributed by atoms with Crippen LogP contribution in [0, 0.1) is 11.8 Å². The molecule has 7 nitrogen and oxygen atoms in total. The molecular formula is C28H34N4O3. The van der Waals surface area contributed by atoms with E-state index in [0.29, 0.717) is 36.5 Å². The van der Waals surface area contributed by atoms with Gasteiger partial charge >= 0.3 is 0 Å². The number of fused-ring (bicyclic) bond motifs is 2. The topological polar surface area (TPSA) is 87.6 Å². The van der Waals surface area contributed by atoms with E-state index in [-0.39, 0.29) is 11.9 Å². The first-order valence-corrected chi connectivity index (χ1v) is 12.5. The van der Waals surface area contributed by atoms with Crippen LogP contribution in [0.2, 0.25) is 0 Å². The summed E-state index contributed by atoms with van der Waals surface area (Å²) in [6.45, 7) is 8.94. The Morgan fingerprint density at radius 1 is 1.09 bits per heavy atom. The Morgan fingerprint density at radius 2 is 1.77 bits per heavy atom. The van der Waals surface area contributed by atoms with Gasteiger partial charge in [0.2, 0.25) is 0 Å². The van der Waals surface area contributed by atoms with Crippen LogP contribution in [0.5, 0.6) is 5.75 Å². The highest BCUT2D eigenvalue weighted by Crippen LogP contribution is 2.38. The van der Waals surface area contributed by atoms with Crippen LogP contribution >= 0.6 is 0 Å². The molecule has 0 spiro atoms. The average molecular weight is 475 g/mol. The molecule has 1 aliphatic heterocycles. The van der Waals surface area contributed by atoms with Gasteiger partial charge in [0, 0.05) is 36.6 Å². The largest absolute Gasteiger partial charge is 0.494 e. The number of aromatic nitrogens is 2. The van der Waals surface area contributed by atoms with Gasteiger partial charge in [0.1, 0.15) is 11.4 Å². The van der Waals surface area contributed by atoms with Gasteiger partial charge < -0.3 is 15.2 Å². The number of ether oxygens (including phenoxy) is 1. The van der Waals surface area contributed by atoms with Crippen molar-refractivity contribution in [3.05, 3.63) is 54.2 Å². The SMILES string of the molecule is CCOc1ccc(-c2nc(C(=O)NC3C[C@@H]4CN(CC(C)(C)O)C[C@@H]4C3)c3ccccc3n2)cc1. The van der Waals surface area contributed by atoms with E-state index >= 15 is 0 Å². The van der Waals surface area contributed by atoms with Crippen molar-refractivity contribution in [1.82, 2.24) is 20.2 Å². The van der Waals surface area contributed by atoms with E-state index in [2.05, 4.69) is 10.2 Å². The Morgan fingerprint density at radius 3 is 2.43 bits per heavy atom. The summed E-state index contributed by atoms with van der Waals surface area (Å²) in [6.07, 6.45) is 1.93. The molecule has 3 aromatic rings. The van der Waals surface area contributed by atoms with Crippen LogP contribution in [0.3, 0.4) is 0 Å². The number of hydrogen-bond donors (Lipinski definition) is 2. The number of nitrogens with one attached hydrogen (secondary N) is 1. The fraction of sp³-hybridized carbons (Fsp3) is 0.464. The molecule has 1 aliphatic carbocycles. The molecule has 1 amide bonds. The summed E-state index contributed by atoms with van der Waals surface area (Å²) < 4.78 is 5.54. The zero-order valence-electron chi connectivity index (χ0n) is 20.7. The Balaban J connectivity index is 1.33. The molecule has 0 radical (unpaired) electrons. The molecule has 7 heteroatoms. The van der Waals surface area contributed by atoms with Crippen molar-refractivity contribution in [3.8, 4) is 17.1 Å². The maximum Gasteiger partial charge on any atom is 0.270 e. The van der Waals surface area contributed by atoms with Crippen molar-refractivity contribution in [2.24, 2.45) is 11.8 Å². The Kier molecular flexibility index (Phi) is 6.47. The summed E-state index contributed by atoms with van der Waals surface area (Å²) in [6, 6.07) is 15.5. The van der Waals surface area contributed by atoms with E-state index in [1.54, 1.807) is 0 Å². The number of benzene rings is 2. The van der Waals surface area contributed by atoms with E-state index in [9.17, 15) is 9.90 Å². The quantitative estimate of drug-likeness (QED) is 0.540. The number of para-hydroxylation sites is 1. The molecule has 1 aromatic heterocycles. The third kappa shape index (κ3) is 5.31. The zero-order valence-corrected chi connectivity index (χ0v) is 20.7. The fourth-order valence-corrected chi connectivity index (χ4v) is 5.69. The van der Waals surface area contributed by atoms with E-state index in [4.69, 9.17) is 14.7 Å². The van der Waals surface area contributed by atoms with Gasteiger partial charge in [0.15, 0.2) is 5.82 Å². The lowest BCUT2D eigenvalue weighted by Gasteiger charge is -2.26. The molecule has 2 aromatic carbocycles. The molecule has 184 valence electrons. The highest BCUT2D eigenvalue weighted by Gasteiger charge is 2.42. The maximum atomic E-state index is 13.4.